The second-order valence-electron chi connectivity index (χ2n) is 5.49. The highest BCUT2D eigenvalue weighted by Gasteiger charge is 2.17. The van der Waals surface area contributed by atoms with Crippen molar-refractivity contribution in [3.63, 3.8) is 0 Å². The van der Waals surface area contributed by atoms with E-state index in [4.69, 9.17) is 0 Å². The van der Waals surface area contributed by atoms with Crippen LogP contribution in [0.5, 0.6) is 0 Å². The first-order chi connectivity index (χ1) is 9.24. The van der Waals surface area contributed by atoms with Crippen LogP contribution >= 0.6 is 0 Å². The lowest BCUT2D eigenvalue weighted by Gasteiger charge is -2.20. The summed E-state index contributed by atoms with van der Waals surface area (Å²) < 4.78 is 0. The Balaban J connectivity index is 2.18. The zero-order valence-electron chi connectivity index (χ0n) is 12.0. The van der Waals surface area contributed by atoms with Gasteiger partial charge in [-0.1, -0.05) is 75.6 Å². The molecular weight excluding hydrogens is 232 g/mol. The fourth-order valence-corrected chi connectivity index (χ4v) is 2.69. The maximum absolute atomic E-state index is 10.6. The molecule has 1 N–H and O–H groups in total. The minimum atomic E-state index is -0.358. The van der Waals surface area contributed by atoms with Crippen molar-refractivity contribution in [1.29, 1.82) is 0 Å². The first-order valence-electron chi connectivity index (χ1n) is 7.39. The Bertz CT molecular complexity index is 513. The molecule has 0 aromatic heterocycles. The van der Waals surface area contributed by atoms with Gasteiger partial charge in [0.25, 0.3) is 0 Å². The van der Waals surface area contributed by atoms with E-state index in [-0.39, 0.29) is 6.10 Å². The Labute approximate surface area is 116 Å². The van der Waals surface area contributed by atoms with E-state index in [9.17, 15) is 5.11 Å². The monoisotopic (exact) mass is 256 g/mol. The van der Waals surface area contributed by atoms with Gasteiger partial charge >= 0.3 is 0 Å². The summed E-state index contributed by atoms with van der Waals surface area (Å²) in [6.45, 7) is 4.37. The highest BCUT2D eigenvalue weighted by Crippen LogP contribution is 2.31. The van der Waals surface area contributed by atoms with Gasteiger partial charge in [-0.15, -0.1) is 0 Å². The second-order valence-corrected chi connectivity index (χ2v) is 5.49. The van der Waals surface area contributed by atoms with Crippen LogP contribution in [0.2, 0.25) is 0 Å². The van der Waals surface area contributed by atoms with Crippen LogP contribution in [0.4, 0.5) is 0 Å². The van der Waals surface area contributed by atoms with Gasteiger partial charge in [-0.2, -0.15) is 0 Å². The lowest BCUT2D eigenvalue weighted by molar-refractivity contribution is 0.112. The molecule has 0 saturated heterocycles. The summed E-state index contributed by atoms with van der Waals surface area (Å²) in [6, 6.07) is 14.5. The lowest BCUT2D eigenvalue weighted by atomic mass is 9.90. The van der Waals surface area contributed by atoms with E-state index < -0.39 is 0 Å². The molecule has 0 aliphatic heterocycles. The molecule has 0 spiro atoms. The topological polar surface area (TPSA) is 20.2 Å². The summed E-state index contributed by atoms with van der Waals surface area (Å²) in [7, 11) is 0. The number of fused-ring (bicyclic) bond motifs is 1. The normalized spacial score (nSPS) is 14.5. The zero-order chi connectivity index (χ0) is 13.7. The smallest absolute Gasteiger partial charge is 0.0821 e. The molecule has 2 aromatic carbocycles. The molecule has 2 aromatic rings. The van der Waals surface area contributed by atoms with Crippen LogP contribution in [0, 0.1) is 5.92 Å². The standard InChI is InChI=1S/C18H24O/c1-3-4-5-9-14(2)18(19)17-13-8-11-15-10-6-7-12-16(15)17/h6-8,10-14,18-19H,3-5,9H2,1-2H3/t14-,18-/m1/s1. The molecule has 2 atom stereocenters. The number of unbranched alkanes of at least 4 members (excludes halogenated alkanes) is 2. The van der Waals surface area contributed by atoms with Crippen LogP contribution in [-0.2, 0) is 0 Å². The van der Waals surface area contributed by atoms with Crippen LogP contribution in [0.3, 0.4) is 0 Å². The van der Waals surface area contributed by atoms with E-state index in [1.54, 1.807) is 0 Å². The molecule has 0 aliphatic rings. The SMILES string of the molecule is CCCCC[C@@H](C)[C@@H](O)c1cccc2ccccc12. The fourth-order valence-electron chi connectivity index (χ4n) is 2.69. The highest BCUT2D eigenvalue weighted by atomic mass is 16.3. The first-order valence-corrected chi connectivity index (χ1v) is 7.39. The van der Waals surface area contributed by atoms with Crippen LogP contribution in [0.1, 0.15) is 51.2 Å². The molecule has 102 valence electrons. The van der Waals surface area contributed by atoms with Gasteiger partial charge in [-0.3, -0.25) is 0 Å². The predicted octanol–water partition coefficient (Wildman–Crippen LogP) is 5.09. The fraction of sp³-hybridized carbons (Fsp3) is 0.444. The van der Waals surface area contributed by atoms with Gasteiger partial charge in [0.05, 0.1) is 6.10 Å². The van der Waals surface area contributed by atoms with Crippen molar-refractivity contribution in [3.05, 3.63) is 48.0 Å². The Hall–Kier alpha value is -1.34. The number of hydrogen-bond acceptors (Lipinski definition) is 1. The van der Waals surface area contributed by atoms with E-state index in [1.165, 1.54) is 30.0 Å². The quantitative estimate of drug-likeness (QED) is 0.714. The van der Waals surface area contributed by atoms with Crippen LogP contribution < -0.4 is 0 Å². The van der Waals surface area contributed by atoms with Crippen LogP contribution in [-0.4, -0.2) is 5.11 Å². The summed E-state index contributed by atoms with van der Waals surface area (Å²) in [5, 5.41) is 13.0. The average Bonchev–Trinajstić information content (AvgIpc) is 2.46. The third-order valence-corrected chi connectivity index (χ3v) is 3.94. The molecule has 1 nitrogen and oxygen atoms in total. The summed E-state index contributed by atoms with van der Waals surface area (Å²) >= 11 is 0. The summed E-state index contributed by atoms with van der Waals surface area (Å²) in [5.41, 5.74) is 1.07. The highest BCUT2D eigenvalue weighted by molar-refractivity contribution is 5.85. The maximum Gasteiger partial charge on any atom is 0.0821 e. The summed E-state index contributed by atoms with van der Waals surface area (Å²) in [4.78, 5) is 0. The summed E-state index contributed by atoms with van der Waals surface area (Å²) in [6.07, 6.45) is 4.43. The third kappa shape index (κ3) is 3.36. The molecule has 1 heteroatoms. The number of rotatable bonds is 6. The zero-order valence-corrected chi connectivity index (χ0v) is 12.0. The lowest BCUT2D eigenvalue weighted by Crippen LogP contribution is -2.09. The van der Waals surface area contributed by atoms with Crippen molar-refractivity contribution < 1.29 is 5.11 Å². The van der Waals surface area contributed by atoms with Gasteiger partial charge in [0.15, 0.2) is 0 Å². The van der Waals surface area contributed by atoms with Gasteiger partial charge in [0, 0.05) is 0 Å². The van der Waals surface area contributed by atoms with Crippen molar-refractivity contribution in [2.75, 3.05) is 0 Å². The Morgan fingerprint density at radius 2 is 1.74 bits per heavy atom. The van der Waals surface area contributed by atoms with Crippen molar-refractivity contribution in [2.24, 2.45) is 5.92 Å². The number of hydrogen-bond donors (Lipinski definition) is 1. The molecule has 19 heavy (non-hydrogen) atoms. The molecular formula is C18H24O. The summed E-state index contributed by atoms with van der Waals surface area (Å²) in [5.74, 6) is 0.317. The maximum atomic E-state index is 10.6. The van der Waals surface area contributed by atoms with Crippen molar-refractivity contribution in [2.45, 2.75) is 45.6 Å². The largest absolute Gasteiger partial charge is 0.388 e. The molecule has 0 aliphatic carbocycles. The number of aliphatic hydroxyl groups excluding tert-OH is 1. The predicted molar refractivity (Wildman–Crippen MR) is 82.2 cm³/mol. The van der Waals surface area contributed by atoms with Gasteiger partial charge < -0.3 is 5.11 Å². The Kier molecular flexibility index (Phi) is 4.98. The van der Waals surface area contributed by atoms with E-state index >= 15 is 0 Å². The second kappa shape index (κ2) is 6.72. The van der Waals surface area contributed by atoms with Gasteiger partial charge in [-0.05, 0) is 28.7 Å². The number of benzene rings is 2. The Morgan fingerprint density at radius 3 is 2.53 bits per heavy atom. The van der Waals surface area contributed by atoms with Crippen molar-refractivity contribution in [3.8, 4) is 0 Å². The molecule has 0 heterocycles. The molecule has 0 unspecified atom stereocenters. The third-order valence-electron chi connectivity index (χ3n) is 3.94. The van der Waals surface area contributed by atoms with E-state index in [2.05, 4.69) is 38.1 Å². The molecule has 0 saturated carbocycles. The molecule has 0 fully saturated rings. The minimum absolute atomic E-state index is 0.317. The Morgan fingerprint density at radius 1 is 1.00 bits per heavy atom. The van der Waals surface area contributed by atoms with Crippen LogP contribution in [0.25, 0.3) is 10.8 Å². The van der Waals surface area contributed by atoms with Gasteiger partial charge in [0.2, 0.25) is 0 Å². The minimum Gasteiger partial charge on any atom is -0.388 e. The first kappa shape index (κ1) is 14.1. The van der Waals surface area contributed by atoms with Crippen LogP contribution in [0.15, 0.2) is 42.5 Å². The number of aliphatic hydroxyl groups is 1. The van der Waals surface area contributed by atoms with Gasteiger partial charge in [0.1, 0.15) is 0 Å². The molecule has 0 amide bonds. The molecule has 0 bridgehead atoms. The average molecular weight is 256 g/mol. The molecule has 2 rings (SSSR count). The van der Waals surface area contributed by atoms with E-state index in [1.807, 2.05) is 18.2 Å². The van der Waals surface area contributed by atoms with Crippen molar-refractivity contribution >= 4 is 10.8 Å². The van der Waals surface area contributed by atoms with E-state index in [0.29, 0.717) is 5.92 Å². The van der Waals surface area contributed by atoms with Crippen molar-refractivity contribution in [1.82, 2.24) is 0 Å². The molecule has 0 radical (unpaired) electrons. The van der Waals surface area contributed by atoms with Gasteiger partial charge in [-0.25, -0.2) is 0 Å². The van der Waals surface area contributed by atoms with E-state index in [0.717, 1.165) is 12.0 Å².